The summed E-state index contributed by atoms with van der Waals surface area (Å²) < 4.78 is 48.0. The normalized spacial score (nSPS) is 25.1. The Hall–Kier alpha value is -5.90. The van der Waals surface area contributed by atoms with Crippen LogP contribution < -0.4 is 33.7 Å². The molecule has 3 aromatic rings. The second kappa shape index (κ2) is 18.1. The zero-order valence-corrected chi connectivity index (χ0v) is 42.4. The third kappa shape index (κ3) is 8.54. The number of hydrogen-bond acceptors (Lipinski definition) is 17. The highest BCUT2D eigenvalue weighted by Gasteiger charge is 2.61. The minimum atomic E-state index is -1.55. The number of rotatable bonds is 6. The molecule has 6 aliphatic rings. The van der Waals surface area contributed by atoms with Gasteiger partial charge in [0, 0.05) is 47.9 Å². The summed E-state index contributed by atoms with van der Waals surface area (Å²) in [6.45, 7) is 19.6. The fourth-order valence-electron chi connectivity index (χ4n) is 10.9. The Kier molecular flexibility index (Phi) is 13.0. The smallest absolute Gasteiger partial charge is 0.504 e. The van der Waals surface area contributed by atoms with E-state index in [1.54, 1.807) is 44.7 Å². The number of aromatic hydroxyl groups is 1. The van der Waals surface area contributed by atoms with Crippen LogP contribution in [-0.4, -0.2) is 103 Å². The topological polar surface area (TPSA) is 205 Å². The summed E-state index contributed by atoms with van der Waals surface area (Å²) in [5.41, 5.74) is 1.70. The van der Waals surface area contributed by atoms with Gasteiger partial charge >= 0.3 is 18.1 Å². The molecule has 6 heterocycles. The van der Waals surface area contributed by atoms with Crippen molar-refractivity contribution in [2.75, 3.05) is 39.9 Å². The number of amides is 1. The number of ether oxygens (including phenoxy) is 8. The number of nitrogens with one attached hydrogen (secondary N) is 1. The number of methoxy groups -OCH3 is 2. The van der Waals surface area contributed by atoms with Gasteiger partial charge in [-0.25, -0.2) is 9.59 Å². The van der Waals surface area contributed by atoms with Crippen LogP contribution in [0.1, 0.15) is 124 Å². The van der Waals surface area contributed by atoms with Crippen molar-refractivity contribution >= 4 is 35.8 Å². The van der Waals surface area contributed by atoms with Crippen LogP contribution >= 0.6 is 11.8 Å². The first-order chi connectivity index (χ1) is 32.5. The molecule has 1 unspecified atom stereocenters. The number of phenolic OH excluding ortho intramolecular Hbond substituents is 1. The Morgan fingerprint density at radius 3 is 2.29 bits per heavy atom. The molecular weight excluding hydrogens is 909 g/mol. The summed E-state index contributed by atoms with van der Waals surface area (Å²) in [6.07, 6.45) is -0.373. The maximum absolute atomic E-state index is 15.3. The number of hydrogen-bond donors (Lipinski definition) is 2. The fraction of sp³-hybridized carbons (Fsp3) is 0.549. The number of benzene rings is 3. The minimum absolute atomic E-state index is 0.0159. The predicted octanol–water partition coefficient (Wildman–Crippen LogP) is 7.70. The number of carbonyl (C=O) groups excluding carboxylic acids is 4. The number of phenols is 1. The standard InChI is InChI=1S/C51H62N4O13S/c1-24-16-25(2)42(62-13)41(58)36(24)39-40-46-38-37(45-44(64-23-65-45)26(3)43(38)66-28(5)56)32(55(40)31(20-52)27(4)54(39)35(57)19-49(6,7)8)21-63-47(59)51(22-69-46)30-18-33(61-12)34(17-29(30)14-15-53-51)67-48(60)68-50(9,10)11/h16-18,27,31-32,39-40,46,53,58H,14-15,19,21-23H2,1-13H3/t27-,31-,32-,39-,40?,46+,51+/m0/s1. The van der Waals surface area contributed by atoms with E-state index in [4.69, 9.17) is 37.9 Å². The van der Waals surface area contributed by atoms with Gasteiger partial charge in [-0.3, -0.25) is 19.8 Å². The van der Waals surface area contributed by atoms with Crippen molar-refractivity contribution in [2.24, 2.45) is 5.41 Å². The van der Waals surface area contributed by atoms with Crippen molar-refractivity contribution in [3.8, 4) is 46.3 Å². The number of thioether (sulfide) groups is 1. The molecule has 2 saturated heterocycles. The van der Waals surface area contributed by atoms with Crippen LogP contribution in [0.15, 0.2) is 18.2 Å². The van der Waals surface area contributed by atoms with E-state index >= 15 is 9.59 Å². The molecule has 2 bridgehead atoms. The van der Waals surface area contributed by atoms with Gasteiger partial charge in [-0.15, -0.1) is 11.8 Å². The largest absolute Gasteiger partial charge is 0.514 e. The van der Waals surface area contributed by atoms with Gasteiger partial charge in [0.05, 0.1) is 49.7 Å². The minimum Gasteiger partial charge on any atom is -0.504 e. The van der Waals surface area contributed by atoms with Crippen LogP contribution in [0, 0.1) is 37.5 Å². The van der Waals surface area contributed by atoms with Gasteiger partial charge in [0.25, 0.3) is 0 Å². The predicted molar refractivity (Wildman–Crippen MR) is 253 cm³/mol. The van der Waals surface area contributed by atoms with Gasteiger partial charge in [0.1, 0.15) is 24.0 Å². The molecule has 69 heavy (non-hydrogen) atoms. The number of aryl methyl sites for hydroxylation is 2. The van der Waals surface area contributed by atoms with Crippen LogP contribution in [0.2, 0.25) is 0 Å². The molecule has 1 spiro atoms. The van der Waals surface area contributed by atoms with Gasteiger partial charge in [-0.05, 0) is 94.7 Å². The lowest BCUT2D eigenvalue weighted by molar-refractivity contribution is -0.160. The number of carbonyl (C=O) groups is 4. The molecule has 1 amide bonds. The number of nitriles is 1. The molecule has 9 rings (SSSR count). The average molecular weight is 971 g/mol. The van der Waals surface area contributed by atoms with Crippen LogP contribution in [0.25, 0.3) is 0 Å². The SMILES string of the molecule is COc1cc2c(cc1OC(=O)OC(C)(C)C)CCN[C@]21CS[C@@H]2c3c(OC(C)=O)c(C)c4c(c3[C@H](COC1=O)N1C2[C@H](c2c(C)cc(C)c(OC)c2O)N(C(=O)CC(C)(C)C)[C@@H](C)[C@@H]1C#N)OCO4. The van der Waals surface area contributed by atoms with Crippen molar-refractivity contribution in [1.29, 1.82) is 5.26 Å². The van der Waals surface area contributed by atoms with E-state index in [2.05, 4.69) is 11.4 Å². The highest BCUT2D eigenvalue weighted by molar-refractivity contribution is 7.99. The molecule has 0 saturated carbocycles. The fourth-order valence-corrected chi connectivity index (χ4v) is 12.6. The van der Waals surface area contributed by atoms with Gasteiger partial charge < -0.3 is 47.9 Å². The van der Waals surface area contributed by atoms with Crippen molar-refractivity contribution in [3.05, 3.63) is 62.7 Å². The molecule has 18 heteroatoms. The Morgan fingerprint density at radius 2 is 1.65 bits per heavy atom. The van der Waals surface area contributed by atoms with Crippen LogP contribution in [0.3, 0.4) is 0 Å². The number of fused-ring (bicyclic) bond motifs is 5. The molecular formula is C51H62N4O13S. The van der Waals surface area contributed by atoms with Gasteiger partial charge in [0.15, 0.2) is 40.0 Å². The van der Waals surface area contributed by atoms with Crippen LogP contribution in [0.4, 0.5) is 4.79 Å². The maximum atomic E-state index is 15.3. The van der Waals surface area contributed by atoms with E-state index in [0.717, 1.165) is 0 Å². The molecule has 0 radical (unpaired) electrons. The number of nitrogens with zero attached hydrogens (tertiary/aromatic N) is 3. The summed E-state index contributed by atoms with van der Waals surface area (Å²) >= 11 is 1.35. The summed E-state index contributed by atoms with van der Waals surface area (Å²) in [6, 6.07) is 3.21. The first-order valence-electron chi connectivity index (χ1n) is 23.1. The highest BCUT2D eigenvalue weighted by Crippen LogP contribution is 2.64. The van der Waals surface area contributed by atoms with Gasteiger partial charge in [-0.2, -0.15) is 5.26 Å². The maximum Gasteiger partial charge on any atom is 0.514 e. The second-order valence-corrected chi connectivity index (χ2v) is 21.8. The van der Waals surface area contributed by atoms with Crippen molar-refractivity contribution in [3.63, 3.8) is 0 Å². The Bertz CT molecular complexity index is 2670. The molecule has 0 aromatic heterocycles. The first kappa shape index (κ1) is 49.5. The van der Waals surface area contributed by atoms with E-state index in [1.807, 2.05) is 52.5 Å². The average Bonchev–Trinajstić information content (AvgIpc) is 3.75. The Morgan fingerprint density at radius 1 is 0.942 bits per heavy atom. The monoisotopic (exact) mass is 970 g/mol. The summed E-state index contributed by atoms with van der Waals surface area (Å²) in [4.78, 5) is 60.5. The van der Waals surface area contributed by atoms with E-state index in [0.29, 0.717) is 69.0 Å². The lowest BCUT2D eigenvalue weighted by Gasteiger charge is -2.60. The van der Waals surface area contributed by atoms with Crippen LogP contribution in [0.5, 0.6) is 40.2 Å². The van der Waals surface area contributed by atoms with Crippen molar-refractivity contribution in [2.45, 2.75) is 136 Å². The van der Waals surface area contributed by atoms with E-state index in [-0.39, 0.29) is 60.2 Å². The zero-order valence-electron chi connectivity index (χ0n) is 41.5. The van der Waals surface area contributed by atoms with Gasteiger partial charge in [0.2, 0.25) is 12.7 Å². The van der Waals surface area contributed by atoms with E-state index in [9.17, 15) is 20.0 Å². The molecule has 0 aliphatic carbocycles. The zero-order chi connectivity index (χ0) is 50.2. The highest BCUT2D eigenvalue weighted by atomic mass is 32.2. The molecule has 7 atom stereocenters. The summed E-state index contributed by atoms with van der Waals surface area (Å²) in [5.74, 6) is -0.172. The molecule has 6 aliphatic heterocycles. The molecule has 2 N–H and O–H groups in total. The Balaban J connectivity index is 1.42. The molecule has 2 fully saturated rings. The third-order valence-corrected chi connectivity index (χ3v) is 15.0. The van der Waals surface area contributed by atoms with E-state index < -0.39 is 70.1 Å². The Labute approximate surface area is 406 Å². The third-order valence-electron chi connectivity index (χ3n) is 13.5. The second-order valence-electron chi connectivity index (χ2n) is 20.6. The molecule has 3 aromatic carbocycles. The molecule has 370 valence electrons. The van der Waals surface area contributed by atoms with Crippen LogP contribution in [-0.2, 0) is 35.8 Å². The molecule has 17 nitrogen and oxygen atoms in total. The summed E-state index contributed by atoms with van der Waals surface area (Å²) in [7, 11) is 2.91. The van der Waals surface area contributed by atoms with Crippen molar-refractivity contribution < 1.29 is 62.2 Å². The summed E-state index contributed by atoms with van der Waals surface area (Å²) in [5, 5.41) is 26.6. The van der Waals surface area contributed by atoms with Crippen molar-refractivity contribution in [1.82, 2.24) is 15.1 Å². The quantitative estimate of drug-likeness (QED) is 0.138. The lowest BCUT2D eigenvalue weighted by atomic mass is 9.75. The first-order valence-corrected chi connectivity index (χ1v) is 24.2. The number of piperazine rings is 1. The number of esters is 2. The lowest BCUT2D eigenvalue weighted by Crippen LogP contribution is -2.69. The van der Waals surface area contributed by atoms with E-state index in [1.165, 1.54) is 32.9 Å². The van der Waals surface area contributed by atoms with Gasteiger partial charge in [-0.1, -0.05) is 26.8 Å².